The molecule has 0 aliphatic carbocycles. The Labute approximate surface area is 397 Å². The van der Waals surface area contributed by atoms with Crippen molar-refractivity contribution >= 4 is 11.9 Å². The molecule has 1 unspecified atom stereocenters. The van der Waals surface area contributed by atoms with Gasteiger partial charge in [0, 0.05) is 19.4 Å². The first kappa shape index (κ1) is 61.3. The summed E-state index contributed by atoms with van der Waals surface area (Å²) >= 11 is 0. The molecule has 0 saturated carbocycles. The number of carbonyl (C=O) groups excluding carboxylic acids is 2. The van der Waals surface area contributed by atoms with E-state index in [0.29, 0.717) is 19.4 Å². The van der Waals surface area contributed by atoms with Crippen LogP contribution in [0.25, 0.3) is 0 Å². The normalized spacial score (nSPS) is 12.7. The van der Waals surface area contributed by atoms with Crippen LogP contribution in [0.4, 0.5) is 0 Å². The van der Waals surface area contributed by atoms with Gasteiger partial charge in [0.15, 0.2) is 6.10 Å². The smallest absolute Gasteiger partial charge is 0.306 e. The number of rotatable bonds is 50. The first-order valence-electron chi connectivity index (χ1n) is 27.5. The van der Waals surface area contributed by atoms with Gasteiger partial charge in [-0.05, 0) is 109 Å². The van der Waals surface area contributed by atoms with Gasteiger partial charge in [0.05, 0.1) is 6.61 Å². The van der Waals surface area contributed by atoms with Gasteiger partial charge in [-0.2, -0.15) is 0 Å². The third-order valence-corrected chi connectivity index (χ3v) is 11.7. The molecule has 0 aliphatic heterocycles. The van der Waals surface area contributed by atoms with Crippen LogP contribution < -0.4 is 0 Å². The van der Waals surface area contributed by atoms with E-state index in [1.165, 1.54) is 148 Å². The predicted molar refractivity (Wildman–Crippen MR) is 279 cm³/mol. The standard InChI is InChI=1S/C59H104O5/c1-4-7-10-13-16-19-22-25-28-29-30-31-33-34-37-40-43-46-49-52-58(60)63-56-57(55-62-54-51-48-45-42-39-36-27-24-21-18-15-12-9-6-3)64-59(61)53-50-47-44-41-38-35-32-26-23-20-17-14-11-8-5-2/h9,12,17-18,20-21,25-28,32,36,57H,4-8,10-11,13-16,19,22-24,29-31,33-35,37-56H2,1-3H3/b12-9-,20-17-,21-18-,28-25-,32-26-,36-27-. The zero-order valence-electron chi connectivity index (χ0n) is 42.5. The predicted octanol–water partition coefficient (Wildman–Crippen LogP) is 18.7. The van der Waals surface area contributed by atoms with Gasteiger partial charge in [0.1, 0.15) is 6.61 Å². The first-order chi connectivity index (χ1) is 31.6. The molecule has 0 bridgehead atoms. The molecule has 0 heterocycles. The van der Waals surface area contributed by atoms with Crippen LogP contribution in [0.1, 0.15) is 265 Å². The van der Waals surface area contributed by atoms with Crippen LogP contribution in [0.3, 0.4) is 0 Å². The van der Waals surface area contributed by atoms with Crippen LogP contribution in [0.2, 0.25) is 0 Å². The molecule has 5 nitrogen and oxygen atoms in total. The fraction of sp³-hybridized carbons (Fsp3) is 0.763. The summed E-state index contributed by atoms with van der Waals surface area (Å²) in [6, 6.07) is 0. The van der Waals surface area contributed by atoms with Crippen molar-refractivity contribution in [3.8, 4) is 0 Å². The second-order valence-corrected chi connectivity index (χ2v) is 18.1. The van der Waals surface area contributed by atoms with Crippen LogP contribution in [-0.4, -0.2) is 37.9 Å². The van der Waals surface area contributed by atoms with Gasteiger partial charge in [-0.15, -0.1) is 0 Å². The summed E-state index contributed by atoms with van der Waals surface area (Å²) in [4.78, 5) is 25.5. The molecule has 0 N–H and O–H groups in total. The van der Waals surface area contributed by atoms with Crippen LogP contribution in [-0.2, 0) is 23.8 Å². The number of hydrogen-bond acceptors (Lipinski definition) is 5. The van der Waals surface area contributed by atoms with Crippen molar-refractivity contribution in [1.29, 1.82) is 0 Å². The van der Waals surface area contributed by atoms with Crippen LogP contribution in [0, 0.1) is 0 Å². The lowest BCUT2D eigenvalue weighted by Crippen LogP contribution is -2.30. The number of unbranched alkanes of at least 4 members (excludes halogenated alkanes) is 27. The lowest BCUT2D eigenvalue weighted by atomic mass is 10.1. The highest BCUT2D eigenvalue weighted by molar-refractivity contribution is 5.70. The number of allylic oxidation sites excluding steroid dienone is 12. The minimum absolute atomic E-state index is 0.0681. The minimum Gasteiger partial charge on any atom is -0.462 e. The molecule has 5 heteroatoms. The van der Waals surface area contributed by atoms with Crippen LogP contribution in [0.5, 0.6) is 0 Å². The van der Waals surface area contributed by atoms with Gasteiger partial charge in [-0.1, -0.05) is 216 Å². The molecule has 0 aromatic heterocycles. The Hall–Kier alpha value is -2.66. The Bertz CT molecular complexity index is 1150. The Morgan fingerprint density at radius 3 is 1.17 bits per heavy atom. The van der Waals surface area contributed by atoms with E-state index in [9.17, 15) is 9.59 Å². The van der Waals surface area contributed by atoms with Crippen molar-refractivity contribution in [3.63, 3.8) is 0 Å². The number of hydrogen-bond donors (Lipinski definition) is 0. The first-order valence-corrected chi connectivity index (χ1v) is 27.5. The van der Waals surface area contributed by atoms with Gasteiger partial charge in [-0.3, -0.25) is 9.59 Å². The SMILES string of the molecule is CC/C=C\C/C=C\C/C=C\CCCCCCOCC(COC(=O)CCCCCCCCCCC/C=C\CCCCCCCC)OC(=O)CCCCCCC/C=C\C/C=C\CCCCC. The maximum absolute atomic E-state index is 12.8. The van der Waals surface area contributed by atoms with Crippen molar-refractivity contribution in [2.75, 3.05) is 19.8 Å². The molecule has 0 aliphatic rings. The zero-order chi connectivity index (χ0) is 46.3. The van der Waals surface area contributed by atoms with Gasteiger partial charge >= 0.3 is 11.9 Å². The highest BCUT2D eigenvalue weighted by atomic mass is 16.6. The molecule has 64 heavy (non-hydrogen) atoms. The largest absolute Gasteiger partial charge is 0.462 e. The van der Waals surface area contributed by atoms with Crippen LogP contribution in [0.15, 0.2) is 72.9 Å². The summed E-state index contributed by atoms with van der Waals surface area (Å²) in [5.41, 5.74) is 0. The van der Waals surface area contributed by atoms with E-state index in [0.717, 1.165) is 83.5 Å². The summed E-state index contributed by atoms with van der Waals surface area (Å²) in [6.45, 7) is 7.64. The second kappa shape index (κ2) is 54.7. The summed E-state index contributed by atoms with van der Waals surface area (Å²) in [5.74, 6) is -0.423. The van der Waals surface area contributed by atoms with Crippen molar-refractivity contribution < 1.29 is 23.8 Å². The molecule has 370 valence electrons. The quantitative estimate of drug-likeness (QED) is 0.0346. The highest BCUT2D eigenvalue weighted by Crippen LogP contribution is 2.14. The Kier molecular flexibility index (Phi) is 52.4. The highest BCUT2D eigenvalue weighted by Gasteiger charge is 2.17. The molecule has 0 saturated heterocycles. The average Bonchev–Trinajstić information content (AvgIpc) is 3.30. The molecule has 0 rings (SSSR count). The number of carbonyl (C=O) groups is 2. The molecule has 0 aromatic carbocycles. The van der Waals surface area contributed by atoms with Crippen molar-refractivity contribution in [2.24, 2.45) is 0 Å². The molecule has 0 spiro atoms. The number of ether oxygens (including phenoxy) is 3. The van der Waals surface area contributed by atoms with Crippen molar-refractivity contribution in [2.45, 2.75) is 271 Å². The molecule has 1 atom stereocenters. The van der Waals surface area contributed by atoms with Crippen molar-refractivity contribution in [1.82, 2.24) is 0 Å². The van der Waals surface area contributed by atoms with Gasteiger partial charge in [-0.25, -0.2) is 0 Å². The van der Waals surface area contributed by atoms with E-state index in [2.05, 4.69) is 93.7 Å². The summed E-state index contributed by atoms with van der Waals surface area (Å²) in [6.07, 6.45) is 70.6. The lowest BCUT2D eigenvalue weighted by Gasteiger charge is -2.18. The molecule has 0 amide bonds. The van der Waals surface area contributed by atoms with E-state index in [-0.39, 0.29) is 25.2 Å². The lowest BCUT2D eigenvalue weighted by molar-refractivity contribution is -0.163. The average molecular weight is 893 g/mol. The van der Waals surface area contributed by atoms with E-state index >= 15 is 0 Å². The van der Waals surface area contributed by atoms with Gasteiger partial charge in [0.2, 0.25) is 0 Å². The molecular formula is C59H104O5. The summed E-state index contributed by atoms with van der Waals surface area (Å²) < 4.78 is 17.4. The van der Waals surface area contributed by atoms with Gasteiger partial charge in [0.25, 0.3) is 0 Å². The fourth-order valence-corrected chi connectivity index (χ4v) is 7.61. The monoisotopic (exact) mass is 893 g/mol. The van der Waals surface area contributed by atoms with E-state index in [1.54, 1.807) is 0 Å². The van der Waals surface area contributed by atoms with E-state index in [4.69, 9.17) is 14.2 Å². The summed E-state index contributed by atoms with van der Waals surface area (Å²) in [5, 5.41) is 0. The topological polar surface area (TPSA) is 61.8 Å². The second-order valence-electron chi connectivity index (χ2n) is 18.1. The van der Waals surface area contributed by atoms with E-state index in [1.807, 2.05) is 0 Å². The number of esters is 2. The molecular weight excluding hydrogens is 789 g/mol. The minimum atomic E-state index is -0.558. The third-order valence-electron chi connectivity index (χ3n) is 11.7. The van der Waals surface area contributed by atoms with Gasteiger partial charge < -0.3 is 14.2 Å². The maximum atomic E-state index is 12.8. The van der Waals surface area contributed by atoms with E-state index < -0.39 is 6.10 Å². The Morgan fingerprint density at radius 2 is 0.703 bits per heavy atom. The fourth-order valence-electron chi connectivity index (χ4n) is 7.61. The Balaban J connectivity index is 4.29. The molecule has 0 radical (unpaired) electrons. The van der Waals surface area contributed by atoms with Crippen LogP contribution >= 0.6 is 0 Å². The maximum Gasteiger partial charge on any atom is 0.306 e. The van der Waals surface area contributed by atoms with Crippen molar-refractivity contribution in [3.05, 3.63) is 72.9 Å². The Morgan fingerprint density at radius 1 is 0.359 bits per heavy atom. The molecule has 0 aromatic rings. The summed E-state index contributed by atoms with van der Waals surface area (Å²) in [7, 11) is 0. The third kappa shape index (κ3) is 52.0. The zero-order valence-corrected chi connectivity index (χ0v) is 42.5. The molecule has 0 fully saturated rings.